The molecule has 0 saturated carbocycles. The Labute approximate surface area is 176 Å². The summed E-state index contributed by atoms with van der Waals surface area (Å²) in [7, 11) is -7.97. The summed E-state index contributed by atoms with van der Waals surface area (Å²) < 4.78 is 92.0. The molecule has 0 saturated heterocycles. The zero-order chi connectivity index (χ0) is 23.6. The van der Waals surface area contributed by atoms with Crippen molar-refractivity contribution in [2.24, 2.45) is 0 Å². The molecule has 0 aliphatic carbocycles. The van der Waals surface area contributed by atoms with Gasteiger partial charge in [-0.15, -0.1) is 0 Å². The summed E-state index contributed by atoms with van der Waals surface area (Å²) in [6.45, 7) is 0. The van der Waals surface area contributed by atoms with E-state index in [1.165, 1.54) is 0 Å². The fourth-order valence-electron chi connectivity index (χ4n) is 3.28. The van der Waals surface area contributed by atoms with E-state index >= 15 is 0 Å². The van der Waals surface area contributed by atoms with E-state index in [0.29, 0.717) is 0 Å². The quantitative estimate of drug-likeness (QED) is 0.218. The highest BCUT2D eigenvalue weighted by Gasteiger charge is 2.29. The van der Waals surface area contributed by atoms with Gasteiger partial charge in [0.2, 0.25) is 11.5 Å². The molecule has 0 amide bonds. The molecule has 0 atom stereocenters. The summed E-state index contributed by atoms with van der Waals surface area (Å²) in [5.41, 5.74) is -3.13. The highest BCUT2D eigenvalue weighted by molar-refractivity contribution is 7.81. The smallest absolute Gasteiger partial charge is 0.446 e. The van der Waals surface area contributed by atoms with Gasteiger partial charge in [0.15, 0.2) is 22.7 Å². The minimum atomic E-state index is -5.06. The van der Waals surface area contributed by atoms with Gasteiger partial charge in [-0.3, -0.25) is 9.11 Å². The van der Waals surface area contributed by atoms with Crippen molar-refractivity contribution < 1.29 is 52.6 Å². The molecular weight excluding hydrogens is 480 g/mol. The maximum atomic E-state index is 12.7. The van der Waals surface area contributed by atoms with E-state index in [2.05, 4.69) is 8.37 Å². The van der Waals surface area contributed by atoms with Gasteiger partial charge in [0.1, 0.15) is 0 Å². The molecule has 0 spiro atoms. The topological polar surface area (TPSA) is 206 Å². The van der Waals surface area contributed by atoms with E-state index < -0.39 is 66.2 Å². The molecule has 170 valence electrons. The first-order valence-electron chi connectivity index (χ1n) is 8.13. The molecule has 0 radical (unpaired) electrons. The standard InChI is InChI=1S/C16H10O14S2/c1-25-11-7(29-31(19,20)21)3-5-9-10-6(15(17)27-13(9)11)4-8(30-32(22,23)24)12(26-2)14(10)28-16(5)18/h3-4H,1-2H3,(H,19,20,21)(H,22,23,24). The third-order valence-electron chi connectivity index (χ3n) is 4.28. The van der Waals surface area contributed by atoms with Crippen molar-refractivity contribution >= 4 is 53.5 Å². The lowest BCUT2D eigenvalue weighted by Gasteiger charge is -2.15. The molecule has 14 nitrogen and oxygen atoms in total. The minimum absolute atomic E-state index is 0.0953. The second-order valence-electron chi connectivity index (χ2n) is 6.12. The predicted molar refractivity (Wildman–Crippen MR) is 105 cm³/mol. The molecule has 2 aromatic carbocycles. The van der Waals surface area contributed by atoms with Crippen LogP contribution < -0.4 is 29.1 Å². The third-order valence-corrected chi connectivity index (χ3v) is 5.06. The zero-order valence-electron chi connectivity index (χ0n) is 15.8. The van der Waals surface area contributed by atoms with E-state index in [9.17, 15) is 26.4 Å². The molecule has 4 rings (SSSR count). The first-order chi connectivity index (χ1) is 14.8. The Morgan fingerprint density at radius 1 is 0.719 bits per heavy atom. The fraction of sp³-hybridized carbons (Fsp3) is 0.125. The van der Waals surface area contributed by atoms with Gasteiger partial charge in [0.25, 0.3) is 0 Å². The van der Waals surface area contributed by atoms with Crippen molar-refractivity contribution in [2.45, 2.75) is 0 Å². The zero-order valence-corrected chi connectivity index (χ0v) is 17.4. The monoisotopic (exact) mass is 490 g/mol. The number of hydrogen-bond acceptors (Lipinski definition) is 12. The van der Waals surface area contributed by atoms with Crippen molar-refractivity contribution in [2.75, 3.05) is 14.2 Å². The molecule has 0 bridgehead atoms. The summed E-state index contributed by atoms with van der Waals surface area (Å²) in [6.07, 6.45) is 0. The molecule has 32 heavy (non-hydrogen) atoms. The average molecular weight is 490 g/mol. The largest absolute Gasteiger partial charge is 0.490 e. The van der Waals surface area contributed by atoms with Gasteiger partial charge in [-0.25, -0.2) is 9.59 Å². The molecule has 0 fully saturated rings. The highest BCUT2D eigenvalue weighted by atomic mass is 32.3. The van der Waals surface area contributed by atoms with E-state index in [0.717, 1.165) is 26.4 Å². The first-order valence-corrected chi connectivity index (χ1v) is 10.9. The highest BCUT2D eigenvalue weighted by Crippen LogP contribution is 2.46. The number of methoxy groups -OCH3 is 2. The van der Waals surface area contributed by atoms with E-state index in [1.807, 2.05) is 0 Å². The lowest BCUT2D eigenvalue weighted by atomic mass is 10.0. The summed E-state index contributed by atoms with van der Waals surface area (Å²) >= 11 is 0. The lowest BCUT2D eigenvalue weighted by Crippen LogP contribution is -2.13. The van der Waals surface area contributed by atoms with Crippen LogP contribution in [-0.4, -0.2) is 40.2 Å². The molecule has 0 aliphatic rings. The van der Waals surface area contributed by atoms with Crippen molar-refractivity contribution in [1.82, 2.24) is 0 Å². The van der Waals surface area contributed by atoms with Crippen LogP contribution in [-0.2, 0) is 20.8 Å². The third kappa shape index (κ3) is 3.44. The van der Waals surface area contributed by atoms with Crippen molar-refractivity contribution in [3.63, 3.8) is 0 Å². The van der Waals surface area contributed by atoms with Crippen LogP contribution in [0.3, 0.4) is 0 Å². The van der Waals surface area contributed by atoms with Crippen LogP contribution in [0.25, 0.3) is 32.7 Å². The maximum absolute atomic E-state index is 12.7. The van der Waals surface area contributed by atoms with Crippen LogP contribution in [0.2, 0.25) is 0 Å². The van der Waals surface area contributed by atoms with Crippen LogP contribution in [0.15, 0.2) is 30.6 Å². The van der Waals surface area contributed by atoms with Crippen molar-refractivity contribution in [3.8, 4) is 23.0 Å². The molecule has 0 unspecified atom stereocenters. The lowest BCUT2D eigenvalue weighted by molar-refractivity contribution is 0.356. The Kier molecular flexibility index (Phi) is 4.70. The first kappa shape index (κ1) is 21.6. The second-order valence-corrected chi connectivity index (χ2v) is 8.16. The molecule has 0 aliphatic heterocycles. The Balaban J connectivity index is 2.28. The number of rotatable bonds is 6. The van der Waals surface area contributed by atoms with Crippen molar-refractivity contribution in [3.05, 3.63) is 33.0 Å². The number of ether oxygens (including phenoxy) is 2. The molecule has 2 heterocycles. The molecule has 2 aromatic heterocycles. The SMILES string of the molecule is COc1c(OS(=O)(=O)O)cc2c(=O)oc3c(OC)c(OS(=O)(=O)O)cc4c(=O)oc1c2c34. The van der Waals surface area contributed by atoms with Crippen LogP contribution in [0.5, 0.6) is 23.0 Å². The summed E-state index contributed by atoms with van der Waals surface area (Å²) in [4.78, 5) is 25.3. The molecule has 16 heteroatoms. The second kappa shape index (κ2) is 6.95. The Morgan fingerprint density at radius 3 is 1.34 bits per heavy atom. The van der Waals surface area contributed by atoms with Crippen molar-refractivity contribution in [1.29, 1.82) is 0 Å². The van der Waals surface area contributed by atoms with E-state index in [1.54, 1.807) is 0 Å². The van der Waals surface area contributed by atoms with Gasteiger partial charge < -0.3 is 26.7 Å². The van der Waals surface area contributed by atoms with E-state index in [-0.39, 0.29) is 21.5 Å². The van der Waals surface area contributed by atoms with E-state index in [4.69, 9.17) is 27.4 Å². The van der Waals surface area contributed by atoms with Gasteiger partial charge in [0, 0.05) is 22.9 Å². The predicted octanol–water partition coefficient (Wildman–Crippen LogP) is 0.871. The summed E-state index contributed by atoms with van der Waals surface area (Å²) in [5.74, 6) is -2.28. The van der Waals surface area contributed by atoms with Gasteiger partial charge in [-0.1, -0.05) is 0 Å². The Morgan fingerprint density at radius 2 is 1.06 bits per heavy atom. The minimum Gasteiger partial charge on any atom is -0.490 e. The van der Waals surface area contributed by atoms with Gasteiger partial charge >= 0.3 is 32.0 Å². The fourth-order valence-corrected chi connectivity index (χ4v) is 3.98. The molecule has 4 aromatic rings. The Hall–Kier alpha value is -3.60. The molecule has 2 N–H and O–H groups in total. The van der Waals surface area contributed by atoms with Crippen LogP contribution in [0.1, 0.15) is 0 Å². The van der Waals surface area contributed by atoms with Crippen LogP contribution >= 0.6 is 0 Å². The van der Waals surface area contributed by atoms with Gasteiger partial charge in [0.05, 0.1) is 25.0 Å². The van der Waals surface area contributed by atoms with Gasteiger partial charge in [-0.2, -0.15) is 16.8 Å². The maximum Gasteiger partial charge on any atom is 0.446 e. The summed E-state index contributed by atoms with van der Waals surface area (Å²) in [5, 5.41) is -0.874. The summed E-state index contributed by atoms with van der Waals surface area (Å²) in [6, 6.07) is 1.74. The van der Waals surface area contributed by atoms with Gasteiger partial charge in [-0.05, 0) is 0 Å². The number of benzene rings is 2. The average Bonchev–Trinajstić information content (AvgIpc) is 2.64. The normalized spacial score (nSPS) is 12.5. The molecular formula is C16H10O14S2. The number of hydrogen-bond donors (Lipinski definition) is 2. The van der Waals surface area contributed by atoms with Crippen LogP contribution in [0, 0.1) is 0 Å². The van der Waals surface area contributed by atoms with Crippen LogP contribution in [0.4, 0.5) is 0 Å². The Bertz CT molecular complexity index is 1600.